The maximum Gasteiger partial charge on any atom is 1.00 e. The van der Waals surface area contributed by atoms with Gasteiger partial charge in [0, 0.05) is 70.0 Å². The fourth-order valence-corrected chi connectivity index (χ4v) is 10.1. The number of ketones is 2. The van der Waals surface area contributed by atoms with Gasteiger partial charge in [-0.2, -0.15) is 5.26 Å². The number of fused-ring (bicyclic) bond motifs is 4. The molecule has 0 radical (unpaired) electrons. The van der Waals surface area contributed by atoms with Gasteiger partial charge < -0.3 is 50.4 Å². The Hall–Kier alpha value is -5.77. The molecule has 76 heavy (non-hydrogen) atoms. The van der Waals surface area contributed by atoms with Crippen molar-refractivity contribution in [1.82, 2.24) is 9.13 Å². The smallest absolute Gasteiger partial charge is 0.522 e. The number of alkyl halides is 5. The van der Waals surface area contributed by atoms with E-state index in [2.05, 4.69) is 89.3 Å². The Morgan fingerprint density at radius 2 is 1.04 bits per heavy atom. The average molecular weight is 1060 g/mol. The molecule has 2 atom stereocenters. The van der Waals surface area contributed by atoms with E-state index < -0.39 is 35.6 Å². The normalized spacial score (nSPS) is 17.4. The molecular weight excluding hydrogens is 999 g/mol. The van der Waals surface area contributed by atoms with Gasteiger partial charge in [0.2, 0.25) is 0 Å². The minimum Gasteiger partial charge on any atom is -0.522 e. The molecule has 3 N–H and O–H groups in total. The Morgan fingerprint density at radius 3 is 1.38 bits per heavy atom. The van der Waals surface area contributed by atoms with E-state index in [9.17, 15) is 41.8 Å². The summed E-state index contributed by atoms with van der Waals surface area (Å²) in [6.07, 6.45) is -4.68. The van der Waals surface area contributed by atoms with Crippen molar-refractivity contribution >= 4 is 40.1 Å². The van der Waals surface area contributed by atoms with Gasteiger partial charge in [-0.3, -0.25) is 14.0 Å². The summed E-state index contributed by atoms with van der Waals surface area (Å²) in [5.41, 5.74) is 5.63. The minimum absolute atomic E-state index is 0. The number of carbonyl (C=O) groups excluding carboxylic acids is 2. The van der Waals surface area contributed by atoms with Gasteiger partial charge in [0.05, 0.1) is 42.7 Å². The zero-order valence-corrected chi connectivity index (χ0v) is 46.4. The number of aliphatic hydroxyl groups excluding tert-OH is 2. The molecule has 6 aromatic rings. The molecule has 400 valence electrons. The van der Waals surface area contributed by atoms with E-state index in [1.54, 1.807) is 12.1 Å². The number of carbonyl (C=O) groups is 2. The van der Waals surface area contributed by atoms with Crippen LogP contribution in [0.1, 0.15) is 121 Å². The molecule has 2 aromatic heterocycles. The fraction of sp³-hybridized carbons (Fsp3) is 0.448. The molecule has 10 rings (SSSR count). The number of aliphatic hydroxyl groups is 2. The molecule has 0 amide bonds. The van der Waals surface area contributed by atoms with E-state index in [0.717, 1.165) is 44.3 Å². The van der Waals surface area contributed by atoms with Crippen LogP contribution in [0.5, 0.6) is 23.0 Å². The fourth-order valence-electron chi connectivity index (χ4n) is 10.1. The van der Waals surface area contributed by atoms with Crippen molar-refractivity contribution < 1.29 is 91.7 Å². The summed E-state index contributed by atoms with van der Waals surface area (Å²) in [7, 11) is 0.500. The first-order valence-corrected chi connectivity index (χ1v) is 24.8. The molecule has 2 fully saturated rings. The Kier molecular flexibility index (Phi) is 17.3. The monoisotopic (exact) mass is 1060 g/mol. The van der Waals surface area contributed by atoms with Gasteiger partial charge in [-0.05, 0) is 115 Å². The van der Waals surface area contributed by atoms with Crippen molar-refractivity contribution in [2.75, 3.05) is 7.18 Å². The molecule has 2 saturated carbocycles. The van der Waals surface area contributed by atoms with E-state index in [1.165, 1.54) is 24.3 Å². The van der Waals surface area contributed by atoms with Gasteiger partial charge in [-0.1, -0.05) is 72.7 Å². The van der Waals surface area contributed by atoms with Crippen molar-refractivity contribution in [3.63, 3.8) is 0 Å². The van der Waals surface area contributed by atoms with Crippen LogP contribution in [0.25, 0.3) is 21.8 Å². The molecule has 0 saturated heterocycles. The molecule has 2 aliphatic heterocycles. The molecule has 2 aliphatic carbocycles. The molecular formula is C58H64F5N4NaO8. The number of hydrogen-bond acceptors (Lipinski definition) is 10. The Balaban J connectivity index is 0.000000228. The number of benzene rings is 4. The number of rotatable bonds is 14. The first-order valence-electron chi connectivity index (χ1n) is 25.3. The molecule has 0 bridgehead atoms. The van der Waals surface area contributed by atoms with Gasteiger partial charge >= 0.3 is 42.1 Å². The number of nitrogens with zero attached hydrogens (tertiary/aromatic N) is 3. The Morgan fingerprint density at radius 1 is 0.671 bits per heavy atom. The topological polar surface area (TPSA) is 169 Å². The molecule has 2 unspecified atom stereocenters. The van der Waals surface area contributed by atoms with Crippen molar-refractivity contribution in [3.05, 3.63) is 119 Å². The molecule has 4 aliphatic rings. The third-order valence-corrected chi connectivity index (χ3v) is 14.3. The number of hydrogen-bond donors (Lipinski definition) is 3. The maximum absolute atomic E-state index is 13.4. The van der Waals surface area contributed by atoms with E-state index in [0.29, 0.717) is 63.5 Å². The predicted octanol–water partition coefficient (Wildman–Crippen LogP) is 8.99. The van der Waals surface area contributed by atoms with Crippen LogP contribution in [0.4, 0.5) is 22.0 Å². The van der Waals surface area contributed by atoms with E-state index >= 15 is 0 Å². The van der Waals surface area contributed by atoms with E-state index in [1.807, 2.05) is 54.0 Å². The summed E-state index contributed by atoms with van der Waals surface area (Å²) in [5, 5.41) is 33.8. The second-order valence-electron chi connectivity index (χ2n) is 21.7. The summed E-state index contributed by atoms with van der Waals surface area (Å²) in [5.74, 6) is -0.0194. The summed E-state index contributed by atoms with van der Waals surface area (Å²) in [6, 6.07) is 27.4. The third kappa shape index (κ3) is 12.5. The van der Waals surface area contributed by atoms with Crippen LogP contribution in [0, 0.1) is 16.7 Å². The first kappa shape index (κ1) is 57.9. The van der Waals surface area contributed by atoms with Crippen molar-refractivity contribution in [3.8, 4) is 29.1 Å². The quantitative estimate of drug-likeness (QED) is 0.0417. The summed E-state index contributed by atoms with van der Waals surface area (Å²) in [4.78, 5) is 26.8. The second-order valence-corrected chi connectivity index (χ2v) is 21.7. The van der Waals surface area contributed by atoms with Crippen LogP contribution >= 0.6 is 0 Å². The van der Waals surface area contributed by atoms with Crippen LogP contribution in [0.3, 0.4) is 0 Å². The second kappa shape index (κ2) is 22.7. The number of ether oxygens (including phenoxy) is 4. The van der Waals surface area contributed by atoms with Gasteiger partial charge in [0.15, 0.2) is 23.0 Å². The molecule has 4 heterocycles. The molecule has 0 spiro atoms. The van der Waals surface area contributed by atoms with E-state index in [4.69, 9.17) is 6.67 Å². The number of nitriles is 1. The van der Waals surface area contributed by atoms with E-state index in [-0.39, 0.29) is 94.2 Å². The van der Waals surface area contributed by atoms with Crippen LogP contribution in [0.2, 0.25) is 1.41 Å². The number of halogens is 5. The van der Waals surface area contributed by atoms with Crippen LogP contribution in [-0.2, 0) is 57.2 Å². The zero-order chi connectivity index (χ0) is 55.8. The molecule has 12 nitrogen and oxygen atoms in total. The Bertz CT molecular complexity index is 3190. The summed E-state index contributed by atoms with van der Waals surface area (Å²) < 4.78 is 91.2. The van der Waals surface area contributed by atoms with Gasteiger partial charge in [-0.25, -0.2) is 0 Å². The van der Waals surface area contributed by atoms with Crippen LogP contribution in [-0.4, -0.2) is 69.6 Å². The van der Waals surface area contributed by atoms with Crippen molar-refractivity contribution in [1.29, 1.82) is 10.7 Å². The van der Waals surface area contributed by atoms with Crippen LogP contribution < -0.4 is 48.5 Å². The summed E-state index contributed by atoms with van der Waals surface area (Å²) in [6.45, 7) is 19.7. The summed E-state index contributed by atoms with van der Waals surface area (Å²) >= 11 is 0. The minimum atomic E-state index is -3.69. The van der Waals surface area contributed by atoms with Crippen molar-refractivity contribution in [2.45, 2.75) is 159 Å². The molecule has 4 aromatic carbocycles. The van der Waals surface area contributed by atoms with Gasteiger partial charge in [0.1, 0.15) is 13.0 Å². The largest absolute Gasteiger partial charge is 1.00 e. The predicted molar refractivity (Wildman–Crippen MR) is 274 cm³/mol. The molecule has 18 heteroatoms. The first-order chi connectivity index (χ1) is 35.7. The maximum atomic E-state index is 13.4. The van der Waals surface area contributed by atoms with Crippen molar-refractivity contribution in [2.24, 2.45) is 0 Å². The number of nitrogens with one attached hydrogen (secondary N) is 1. The standard InChI is InChI=1S/C28H28F2N2O4.C28H31F2NO4.CH3F.CH2N.Na/c1-26(2,3)24-14-18-12-17(4-6-21(18)32(24)16-20(33)8-11-31)13-25(34)27(9-10-27)19-5-7-22-23(15-19)36-28(29,30)35-22;1-5-20(32)16-31-21-8-6-17(12-18(21)14-24(31)26(2,3)4)13-25(33)27(10-11-27)19-7-9-22-23(15-19)35-28(29,30)34-22;2*1-2;/h4-7,12,14-15,20,33H,8-10,13,16H2,1-3H3;6-9,12,14-15,20,32H,5,10-11,13,16H2,1-4H3;1H3;1-2H;/q;;;-1;+1/i/hD. The third-order valence-electron chi connectivity index (χ3n) is 14.3. The number of aromatic nitrogens is 2. The van der Waals surface area contributed by atoms with Gasteiger partial charge in [0.25, 0.3) is 0 Å². The SMILES string of the molecule is CC(C)(C)c1cc2cc(CC(=O)C3(c4ccc5c(c4)OC(F)(F)O5)CC3)ccc2n1CC(O)CC#N.CCC(O)Cn1c(C(C)(C)C)cc2cc(CC(=O)C3(c4ccc5c(c4)OC(F)(F)O5)CC3)ccc21.CF.[2H]N=[CH-].[Na+]. The van der Waals surface area contributed by atoms with Gasteiger partial charge in [-0.15, -0.1) is 17.6 Å². The average Bonchev–Trinajstić information content (AvgIpc) is 4.21. The van der Waals surface area contributed by atoms with Crippen LogP contribution in [0.15, 0.2) is 84.9 Å². The number of Topliss-reactive ketones (excluding diaryl/α,β-unsaturated/α-hetero) is 2. The zero-order valence-electron chi connectivity index (χ0n) is 45.4. The Labute approximate surface area is 463 Å².